The highest BCUT2D eigenvalue weighted by molar-refractivity contribution is 5.89. The number of rotatable bonds is 5. The lowest BCUT2D eigenvalue weighted by Crippen LogP contribution is -2.43. The number of hydrogen-bond donors (Lipinski definition) is 1. The molecule has 1 aliphatic heterocycles. The molecule has 8 nitrogen and oxygen atoms in total. The van der Waals surface area contributed by atoms with Crippen LogP contribution in [-0.2, 0) is 11.2 Å². The summed E-state index contributed by atoms with van der Waals surface area (Å²) < 4.78 is 31.9. The van der Waals surface area contributed by atoms with Crippen molar-refractivity contribution in [1.29, 1.82) is 0 Å². The fourth-order valence-corrected chi connectivity index (χ4v) is 3.23. The van der Waals surface area contributed by atoms with E-state index in [1.54, 1.807) is 11.8 Å². The molecule has 1 saturated heterocycles. The van der Waals surface area contributed by atoms with Crippen molar-refractivity contribution in [1.82, 2.24) is 19.9 Å². The van der Waals surface area contributed by atoms with Gasteiger partial charge in [-0.15, -0.1) is 0 Å². The van der Waals surface area contributed by atoms with Gasteiger partial charge >= 0.3 is 6.03 Å². The number of nitrogens with one attached hydrogen (secondary N) is 1. The van der Waals surface area contributed by atoms with Crippen molar-refractivity contribution in [2.75, 3.05) is 25.0 Å². The Morgan fingerprint density at radius 3 is 2.86 bits per heavy atom. The van der Waals surface area contributed by atoms with E-state index in [1.807, 2.05) is 0 Å². The number of benzene rings is 1. The number of aromatic nitrogens is 2. The molecule has 2 heterocycles. The second-order valence-corrected chi connectivity index (χ2v) is 6.63. The monoisotopic (exact) mass is 393 g/mol. The van der Waals surface area contributed by atoms with Gasteiger partial charge < -0.3 is 19.6 Å². The molecule has 1 aromatic carbocycles. The minimum absolute atomic E-state index is 0.122. The van der Waals surface area contributed by atoms with Gasteiger partial charge in [-0.3, -0.25) is 4.79 Å². The summed E-state index contributed by atoms with van der Waals surface area (Å²) in [5.74, 6) is -0.513. The number of aryl methyl sites for hydroxylation is 1. The smallest absolute Gasteiger partial charge is 0.321 e. The average Bonchev–Trinajstić information content (AvgIpc) is 3.27. The third-order valence-electron chi connectivity index (χ3n) is 4.61. The predicted octanol–water partition coefficient (Wildman–Crippen LogP) is 2.35. The number of likely N-dealkylation sites (tertiary alicyclic amines) is 1. The van der Waals surface area contributed by atoms with Gasteiger partial charge in [0.15, 0.2) is 5.82 Å². The van der Waals surface area contributed by atoms with Gasteiger partial charge in [0, 0.05) is 46.0 Å². The van der Waals surface area contributed by atoms with Crippen LogP contribution in [0.5, 0.6) is 0 Å². The number of urea groups is 1. The lowest BCUT2D eigenvalue weighted by atomic mass is 10.2. The van der Waals surface area contributed by atoms with Crippen LogP contribution in [-0.4, -0.2) is 57.6 Å². The highest BCUT2D eigenvalue weighted by Crippen LogP contribution is 2.20. The Kier molecular flexibility index (Phi) is 5.86. The van der Waals surface area contributed by atoms with Crippen LogP contribution in [0.4, 0.5) is 19.3 Å². The Balaban J connectivity index is 1.59. The maximum absolute atomic E-state index is 13.7. The third-order valence-corrected chi connectivity index (χ3v) is 4.61. The van der Waals surface area contributed by atoms with E-state index < -0.39 is 17.7 Å². The first-order chi connectivity index (χ1) is 13.3. The SMILES string of the molecule is CC(=O)N(CCc1noc(C)n1)C1CCN(C(=O)Nc2cc(F)ccc2F)C1. The molecule has 1 aliphatic rings. The van der Waals surface area contributed by atoms with E-state index in [0.717, 1.165) is 18.2 Å². The van der Waals surface area contributed by atoms with Crippen molar-refractivity contribution < 1.29 is 22.9 Å². The zero-order valence-corrected chi connectivity index (χ0v) is 15.6. The summed E-state index contributed by atoms with van der Waals surface area (Å²) >= 11 is 0. The number of carbonyl (C=O) groups is 2. The molecule has 0 aliphatic carbocycles. The van der Waals surface area contributed by atoms with Gasteiger partial charge in [-0.05, 0) is 18.6 Å². The molecule has 1 atom stereocenters. The molecular formula is C18H21F2N5O3. The first-order valence-electron chi connectivity index (χ1n) is 8.91. The molecule has 2 aromatic rings. The Labute approximate surface area is 160 Å². The zero-order chi connectivity index (χ0) is 20.3. The van der Waals surface area contributed by atoms with Crippen LogP contribution in [0.1, 0.15) is 25.1 Å². The standard InChI is InChI=1S/C18H21F2N5O3/c1-11-21-17(23-28-11)6-8-25(12(2)26)14-5-7-24(10-14)18(27)22-16-9-13(19)3-4-15(16)20/h3-4,9,14H,5-8,10H2,1-2H3,(H,22,27). The summed E-state index contributed by atoms with van der Waals surface area (Å²) in [4.78, 5) is 31.7. The van der Waals surface area contributed by atoms with Gasteiger partial charge in [-0.2, -0.15) is 4.98 Å². The Hall–Kier alpha value is -3.04. The number of halogens is 2. The van der Waals surface area contributed by atoms with Crippen molar-refractivity contribution in [2.24, 2.45) is 0 Å². The van der Waals surface area contributed by atoms with Crippen molar-refractivity contribution in [3.63, 3.8) is 0 Å². The van der Waals surface area contributed by atoms with E-state index in [0.29, 0.717) is 44.2 Å². The highest BCUT2D eigenvalue weighted by atomic mass is 19.1. The molecule has 0 spiro atoms. The molecule has 1 aromatic heterocycles. The second kappa shape index (κ2) is 8.32. The number of anilines is 1. The Morgan fingerprint density at radius 1 is 1.39 bits per heavy atom. The van der Waals surface area contributed by atoms with E-state index in [-0.39, 0.29) is 17.6 Å². The second-order valence-electron chi connectivity index (χ2n) is 6.63. The van der Waals surface area contributed by atoms with Crippen molar-refractivity contribution in [3.05, 3.63) is 41.5 Å². The van der Waals surface area contributed by atoms with Crippen molar-refractivity contribution in [3.8, 4) is 0 Å². The Bertz CT molecular complexity index is 873. The molecule has 1 fully saturated rings. The van der Waals surface area contributed by atoms with Crippen molar-refractivity contribution in [2.45, 2.75) is 32.7 Å². The van der Waals surface area contributed by atoms with Gasteiger partial charge in [0.05, 0.1) is 11.7 Å². The molecule has 28 heavy (non-hydrogen) atoms. The van der Waals surface area contributed by atoms with Crippen LogP contribution in [0.2, 0.25) is 0 Å². The summed E-state index contributed by atoms with van der Waals surface area (Å²) in [6.45, 7) is 4.25. The lowest BCUT2D eigenvalue weighted by molar-refractivity contribution is -0.130. The maximum atomic E-state index is 13.7. The van der Waals surface area contributed by atoms with Crippen LogP contribution in [0.25, 0.3) is 0 Å². The average molecular weight is 393 g/mol. The molecule has 0 radical (unpaired) electrons. The number of hydrogen-bond acceptors (Lipinski definition) is 5. The van der Waals surface area contributed by atoms with Gasteiger partial charge in [0.2, 0.25) is 11.8 Å². The zero-order valence-electron chi connectivity index (χ0n) is 15.6. The molecule has 10 heteroatoms. The molecule has 0 bridgehead atoms. The molecule has 150 valence electrons. The third kappa shape index (κ3) is 4.62. The fourth-order valence-electron chi connectivity index (χ4n) is 3.23. The number of carbonyl (C=O) groups excluding carboxylic acids is 2. The molecule has 1 N–H and O–H groups in total. The summed E-state index contributed by atoms with van der Waals surface area (Å²) in [5, 5.41) is 6.19. The molecule has 3 rings (SSSR count). The minimum atomic E-state index is -0.716. The molecule has 3 amide bonds. The quantitative estimate of drug-likeness (QED) is 0.842. The fraction of sp³-hybridized carbons (Fsp3) is 0.444. The van der Waals surface area contributed by atoms with E-state index in [9.17, 15) is 18.4 Å². The van der Waals surface area contributed by atoms with Crippen molar-refractivity contribution >= 4 is 17.6 Å². The van der Waals surface area contributed by atoms with Crippen LogP contribution in [0, 0.1) is 18.6 Å². The normalized spacial score (nSPS) is 16.3. The minimum Gasteiger partial charge on any atom is -0.340 e. The van der Waals surface area contributed by atoms with E-state index in [1.165, 1.54) is 11.8 Å². The topological polar surface area (TPSA) is 91.6 Å². The molecule has 1 unspecified atom stereocenters. The highest BCUT2D eigenvalue weighted by Gasteiger charge is 2.32. The number of amides is 3. The van der Waals surface area contributed by atoms with E-state index >= 15 is 0 Å². The van der Waals surface area contributed by atoms with Gasteiger partial charge in [-0.1, -0.05) is 5.16 Å². The molecular weight excluding hydrogens is 372 g/mol. The predicted molar refractivity (Wildman–Crippen MR) is 95.5 cm³/mol. The first-order valence-corrected chi connectivity index (χ1v) is 8.91. The van der Waals surface area contributed by atoms with E-state index in [4.69, 9.17) is 4.52 Å². The summed E-state index contributed by atoms with van der Waals surface area (Å²) in [5.41, 5.74) is -0.218. The molecule has 0 saturated carbocycles. The summed E-state index contributed by atoms with van der Waals surface area (Å²) in [6, 6.07) is 2.15. The largest absolute Gasteiger partial charge is 0.340 e. The first kappa shape index (κ1) is 19.7. The number of nitrogens with zero attached hydrogens (tertiary/aromatic N) is 4. The summed E-state index contributed by atoms with van der Waals surface area (Å²) in [7, 11) is 0. The van der Waals surface area contributed by atoms with Crippen LogP contribution >= 0.6 is 0 Å². The lowest BCUT2D eigenvalue weighted by Gasteiger charge is -2.27. The Morgan fingerprint density at radius 2 is 2.18 bits per heavy atom. The summed E-state index contributed by atoms with van der Waals surface area (Å²) in [6.07, 6.45) is 1.03. The van der Waals surface area contributed by atoms with E-state index in [2.05, 4.69) is 15.5 Å². The van der Waals surface area contributed by atoms with Gasteiger partial charge in [0.25, 0.3) is 0 Å². The van der Waals surface area contributed by atoms with Gasteiger partial charge in [-0.25, -0.2) is 13.6 Å². The maximum Gasteiger partial charge on any atom is 0.321 e. The van der Waals surface area contributed by atoms with Crippen LogP contribution in [0.3, 0.4) is 0 Å². The van der Waals surface area contributed by atoms with Crippen LogP contribution < -0.4 is 5.32 Å². The van der Waals surface area contributed by atoms with Gasteiger partial charge in [0.1, 0.15) is 11.6 Å². The van der Waals surface area contributed by atoms with Crippen LogP contribution in [0.15, 0.2) is 22.7 Å².